The molecule has 2 aliphatic rings. The zero-order valence-corrected chi connectivity index (χ0v) is 13.3. The number of hydrogen-bond donors (Lipinski definition) is 2. The average molecular weight is 305 g/mol. The van der Waals surface area contributed by atoms with Crippen molar-refractivity contribution in [3.63, 3.8) is 0 Å². The van der Waals surface area contributed by atoms with Gasteiger partial charge in [-0.3, -0.25) is 9.89 Å². The molecule has 1 aromatic heterocycles. The minimum absolute atomic E-state index is 0.140. The predicted molar refractivity (Wildman–Crippen MR) is 91.5 cm³/mol. The molecule has 1 amide bonds. The maximum Gasteiger partial charge on any atom is 0.235 e. The first-order valence-corrected chi connectivity index (χ1v) is 8.13. The SMILES string of the molecule is CC.O=C1Nc2ccccc2C12CC2c1ccc2[nH]ncc2c1. The van der Waals surface area contributed by atoms with Gasteiger partial charge >= 0.3 is 0 Å². The van der Waals surface area contributed by atoms with Crippen molar-refractivity contribution < 1.29 is 4.79 Å². The highest BCUT2D eigenvalue weighted by Gasteiger charge is 2.64. The summed E-state index contributed by atoms with van der Waals surface area (Å²) >= 11 is 0. The van der Waals surface area contributed by atoms with Gasteiger partial charge in [0, 0.05) is 17.0 Å². The topological polar surface area (TPSA) is 57.8 Å². The number of para-hydroxylation sites is 1. The van der Waals surface area contributed by atoms with E-state index in [-0.39, 0.29) is 17.2 Å². The lowest BCUT2D eigenvalue weighted by Gasteiger charge is -2.08. The number of carbonyl (C=O) groups excluding carboxylic acids is 1. The van der Waals surface area contributed by atoms with Crippen LogP contribution in [0.3, 0.4) is 0 Å². The van der Waals surface area contributed by atoms with Crippen molar-refractivity contribution in [2.45, 2.75) is 31.6 Å². The average Bonchev–Trinajstić information content (AvgIpc) is 3.06. The van der Waals surface area contributed by atoms with Crippen LogP contribution in [0.2, 0.25) is 0 Å². The van der Waals surface area contributed by atoms with E-state index in [9.17, 15) is 4.79 Å². The first-order chi connectivity index (χ1) is 11.3. The lowest BCUT2D eigenvalue weighted by atomic mass is 9.92. The summed E-state index contributed by atoms with van der Waals surface area (Å²) in [5.74, 6) is 0.404. The van der Waals surface area contributed by atoms with E-state index >= 15 is 0 Å². The van der Waals surface area contributed by atoms with Crippen molar-refractivity contribution in [3.8, 4) is 0 Å². The Morgan fingerprint density at radius 1 is 1.17 bits per heavy atom. The zero-order valence-electron chi connectivity index (χ0n) is 13.3. The molecule has 1 spiro atoms. The number of carbonyl (C=O) groups is 1. The molecule has 2 N–H and O–H groups in total. The summed E-state index contributed by atoms with van der Waals surface area (Å²) in [7, 11) is 0. The molecule has 1 aliphatic heterocycles. The molecule has 2 atom stereocenters. The van der Waals surface area contributed by atoms with Crippen molar-refractivity contribution in [3.05, 3.63) is 59.8 Å². The predicted octanol–water partition coefficient (Wildman–Crippen LogP) is 3.97. The van der Waals surface area contributed by atoms with Crippen LogP contribution in [-0.4, -0.2) is 16.1 Å². The molecule has 2 aromatic carbocycles. The zero-order chi connectivity index (χ0) is 16.0. The monoisotopic (exact) mass is 305 g/mol. The Morgan fingerprint density at radius 3 is 2.87 bits per heavy atom. The molecule has 1 aliphatic carbocycles. The van der Waals surface area contributed by atoms with Crippen molar-refractivity contribution in [1.82, 2.24) is 10.2 Å². The lowest BCUT2D eigenvalue weighted by molar-refractivity contribution is -0.118. The minimum atomic E-state index is -0.353. The molecule has 2 heterocycles. The number of aromatic amines is 1. The highest BCUT2D eigenvalue weighted by atomic mass is 16.2. The summed E-state index contributed by atoms with van der Waals surface area (Å²) in [6, 6.07) is 14.3. The summed E-state index contributed by atoms with van der Waals surface area (Å²) in [4.78, 5) is 12.5. The van der Waals surface area contributed by atoms with Gasteiger partial charge in [-0.2, -0.15) is 5.10 Å². The van der Waals surface area contributed by atoms with Gasteiger partial charge < -0.3 is 5.32 Å². The van der Waals surface area contributed by atoms with Crippen LogP contribution < -0.4 is 5.32 Å². The van der Waals surface area contributed by atoms with E-state index in [4.69, 9.17) is 0 Å². The van der Waals surface area contributed by atoms with Gasteiger partial charge in [-0.25, -0.2) is 0 Å². The number of rotatable bonds is 1. The number of amides is 1. The van der Waals surface area contributed by atoms with Gasteiger partial charge in [0.2, 0.25) is 5.91 Å². The van der Waals surface area contributed by atoms with Gasteiger partial charge in [0.05, 0.1) is 17.1 Å². The maximum atomic E-state index is 12.5. The van der Waals surface area contributed by atoms with E-state index in [1.807, 2.05) is 44.3 Å². The Kier molecular flexibility index (Phi) is 3.01. The smallest absolute Gasteiger partial charge is 0.235 e. The van der Waals surface area contributed by atoms with Gasteiger partial charge in [0.1, 0.15) is 0 Å². The second kappa shape index (κ2) is 4.95. The molecular weight excluding hydrogens is 286 g/mol. The number of hydrogen-bond acceptors (Lipinski definition) is 2. The highest BCUT2D eigenvalue weighted by Crippen LogP contribution is 2.64. The lowest BCUT2D eigenvalue weighted by Crippen LogP contribution is -2.20. The van der Waals surface area contributed by atoms with Crippen molar-refractivity contribution in [2.24, 2.45) is 0 Å². The van der Waals surface area contributed by atoms with Crippen molar-refractivity contribution in [1.29, 1.82) is 0 Å². The Hall–Kier alpha value is -2.62. The Balaban J connectivity index is 0.000000652. The van der Waals surface area contributed by atoms with E-state index in [1.165, 1.54) is 5.56 Å². The van der Waals surface area contributed by atoms with Gasteiger partial charge in [-0.05, 0) is 35.7 Å². The van der Waals surface area contributed by atoms with E-state index in [0.717, 1.165) is 28.6 Å². The van der Waals surface area contributed by atoms with Crippen LogP contribution in [0.4, 0.5) is 5.69 Å². The number of nitrogens with zero attached hydrogens (tertiary/aromatic N) is 1. The van der Waals surface area contributed by atoms with Crippen LogP contribution in [0, 0.1) is 0 Å². The maximum absolute atomic E-state index is 12.5. The third-order valence-corrected chi connectivity index (χ3v) is 4.89. The van der Waals surface area contributed by atoms with E-state index in [2.05, 4.69) is 33.7 Å². The van der Waals surface area contributed by atoms with Crippen molar-refractivity contribution in [2.75, 3.05) is 5.32 Å². The molecule has 1 fully saturated rings. The standard InChI is InChI=1S/C17H13N3O.C2H6/c21-16-17(12-3-1-2-4-15(12)19-16)8-13(17)10-5-6-14-11(7-10)9-18-20-14;1-2/h1-7,9,13H,8H2,(H,18,20)(H,19,21);1-2H3. The van der Waals surface area contributed by atoms with Crippen molar-refractivity contribution >= 4 is 22.5 Å². The van der Waals surface area contributed by atoms with Crippen LogP contribution >= 0.6 is 0 Å². The van der Waals surface area contributed by atoms with E-state index in [0.29, 0.717) is 0 Å². The molecule has 1 saturated carbocycles. The Bertz CT molecular complexity index is 898. The molecule has 4 heteroatoms. The number of H-pyrrole nitrogens is 1. The van der Waals surface area contributed by atoms with E-state index < -0.39 is 0 Å². The number of fused-ring (bicyclic) bond motifs is 3. The number of benzene rings is 2. The molecule has 0 saturated heterocycles. The molecule has 4 nitrogen and oxygen atoms in total. The number of aromatic nitrogens is 2. The summed E-state index contributed by atoms with van der Waals surface area (Å²) in [5.41, 5.74) is 4.01. The Labute approximate surface area is 134 Å². The molecule has 23 heavy (non-hydrogen) atoms. The summed E-state index contributed by atoms with van der Waals surface area (Å²) in [6.07, 6.45) is 2.72. The van der Waals surface area contributed by atoms with Crippen LogP contribution in [0.25, 0.3) is 10.9 Å². The summed E-state index contributed by atoms with van der Waals surface area (Å²) in [5, 5.41) is 11.1. The van der Waals surface area contributed by atoms with E-state index in [1.54, 1.807) is 0 Å². The first-order valence-electron chi connectivity index (χ1n) is 8.13. The fourth-order valence-electron chi connectivity index (χ4n) is 3.73. The fraction of sp³-hybridized carbons (Fsp3) is 0.263. The molecule has 5 rings (SSSR count). The molecule has 116 valence electrons. The second-order valence-corrected chi connectivity index (χ2v) is 5.94. The van der Waals surface area contributed by atoms with Gasteiger partial charge in [0.25, 0.3) is 0 Å². The minimum Gasteiger partial charge on any atom is -0.325 e. The van der Waals surface area contributed by atoms with Crippen LogP contribution in [0.5, 0.6) is 0 Å². The van der Waals surface area contributed by atoms with Crippen LogP contribution in [0.1, 0.15) is 37.3 Å². The Morgan fingerprint density at radius 2 is 2.00 bits per heavy atom. The molecular formula is C19H19N3O. The third-order valence-electron chi connectivity index (χ3n) is 4.89. The van der Waals surface area contributed by atoms with Crippen LogP contribution in [0.15, 0.2) is 48.7 Å². The largest absolute Gasteiger partial charge is 0.325 e. The highest BCUT2D eigenvalue weighted by molar-refractivity contribution is 6.09. The normalized spacial score (nSPS) is 24.1. The van der Waals surface area contributed by atoms with Gasteiger partial charge in [-0.1, -0.05) is 38.1 Å². The second-order valence-electron chi connectivity index (χ2n) is 5.94. The number of nitrogens with one attached hydrogen (secondary N) is 2. The first kappa shape index (κ1) is 14.0. The number of anilines is 1. The summed E-state index contributed by atoms with van der Waals surface area (Å²) in [6.45, 7) is 4.00. The summed E-state index contributed by atoms with van der Waals surface area (Å²) < 4.78 is 0. The molecule has 0 bridgehead atoms. The van der Waals surface area contributed by atoms with Gasteiger partial charge in [0.15, 0.2) is 0 Å². The molecule has 2 unspecified atom stereocenters. The molecule has 3 aromatic rings. The fourth-order valence-corrected chi connectivity index (χ4v) is 3.73. The van der Waals surface area contributed by atoms with Gasteiger partial charge in [-0.15, -0.1) is 0 Å². The molecule has 0 radical (unpaired) electrons. The van der Waals surface area contributed by atoms with Crippen LogP contribution in [-0.2, 0) is 10.2 Å². The third kappa shape index (κ3) is 1.84. The quantitative estimate of drug-likeness (QED) is 0.715.